The smallest absolute Gasteiger partial charge is 0.122 e. The summed E-state index contributed by atoms with van der Waals surface area (Å²) in [6, 6.07) is 8.25. The second kappa shape index (κ2) is 5.07. The minimum absolute atomic E-state index is 0.187. The van der Waals surface area contributed by atoms with Gasteiger partial charge in [-0.3, -0.25) is 0 Å². The Morgan fingerprint density at radius 2 is 2.10 bits per heavy atom. The molecule has 0 spiro atoms. The van der Waals surface area contributed by atoms with Crippen molar-refractivity contribution in [2.45, 2.75) is 44.6 Å². The number of rotatable bonds is 3. The highest BCUT2D eigenvalue weighted by molar-refractivity contribution is 5.35. The van der Waals surface area contributed by atoms with E-state index in [9.17, 15) is 5.11 Å². The van der Waals surface area contributed by atoms with E-state index in [1.807, 2.05) is 12.1 Å². The van der Waals surface area contributed by atoms with Gasteiger partial charge in [0.05, 0.1) is 12.7 Å². The monoisotopic (exact) mass is 272 g/mol. The molecule has 108 valence electrons. The number of hydrogen-bond donors (Lipinski definition) is 1. The van der Waals surface area contributed by atoms with Gasteiger partial charge in [0.25, 0.3) is 0 Å². The first-order valence-corrected chi connectivity index (χ1v) is 8.18. The lowest BCUT2D eigenvalue weighted by Crippen LogP contribution is -2.33. The van der Waals surface area contributed by atoms with Crippen LogP contribution in [0.25, 0.3) is 0 Å². The first kappa shape index (κ1) is 12.7. The predicted octanol–water partition coefficient (Wildman–Crippen LogP) is 3.42. The zero-order valence-corrected chi connectivity index (χ0v) is 12.0. The van der Waals surface area contributed by atoms with Crippen molar-refractivity contribution in [3.8, 4) is 5.75 Å². The SMILES string of the molecule is OC(CC1CC2CCC1C2)C1COc2ccccc2C1. The first-order chi connectivity index (χ1) is 9.79. The van der Waals surface area contributed by atoms with E-state index in [1.54, 1.807) is 0 Å². The van der Waals surface area contributed by atoms with Crippen LogP contribution >= 0.6 is 0 Å². The summed E-state index contributed by atoms with van der Waals surface area (Å²) in [6.07, 6.45) is 7.43. The van der Waals surface area contributed by atoms with Crippen molar-refractivity contribution in [1.29, 1.82) is 0 Å². The fraction of sp³-hybridized carbons (Fsp3) is 0.667. The average molecular weight is 272 g/mol. The Morgan fingerprint density at radius 3 is 2.90 bits per heavy atom. The number of benzene rings is 1. The molecule has 1 aromatic rings. The van der Waals surface area contributed by atoms with E-state index >= 15 is 0 Å². The third-order valence-electron chi connectivity index (χ3n) is 5.88. The Bertz CT molecular complexity index is 484. The molecule has 5 unspecified atom stereocenters. The lowest BCUT2D eigenvalue weighted by atomic mass is 9.80. The molecule has 2 heteroatoms. The predicted molar refractivity (Wildman–Crippen MR) is 78.7 cm³/mol. The van der Waals surface area contributed by atoms with Crippen LogP contribution < -0.4 is 4.74 Å². The normalized spacial score (nSPS) is 36.5. The van der Waals surface area contributed by atoms with Crippen molar-refractivity contribution in [3.63, 3.8) is 0 Å². The summed E-state index contributed by atoms with van der Waals surface area (Å²) < 4.78 is 5.82. The topological polar surface area (TPSA) is 29.5 Å². The summed E-state index contributed by atoms with van der Waals surface area (Å²) in [4.78, 5) is 0. The quantitative estimate of drug-likeness (QED) is 0.913. The van der Waals surface area contributed by atoms with E-state index in [0.717, 1.165) is 36.3 Å². The van der Waals surface area contributed by atoms with Gasteiger partial charge in [0.15, 0.2) is 0 Å². The van der Waals surface area contributed by atoms with E-state index in [1.165, 1.54) is 31.2 Å². The zero-order valence-electron chi connectivity index (χ0n) is 12.0. The van der Waals surface area contributed by atoms with Crippen LogP contribution in [-0.4, -0.2) is 17.8 Å². The molecular formula is C18H24O2. The van der Waals surface area contributed by atoms with Gasteiger partial charge in [-0.25, -0.2) is 0 Å². The highest BCUT2D eigenvalue weighted by Gasteiger charge is 2.41. The van der Waals surface area contributed by atoms with Crippen molar-refractivity contribution in [3.05, 3.63) is 29.8 Å². The molecule has 1 N–H and O–H groups in total. The van der Waals surface area contributed by atoms with E-state index < -0.39 is 0 Å². The molecular weight excluding hydrogens is 248 g/mol. The second-order valence-corrected chi connectivity index (χ2v) is 7.12. The third-order valence-corrected chi connectivity index (χ3v) is 5.88. The van der Waals surface area contributed by atoms with Crippen LogP contribution in [0.4, 0.5) is 0 Å². The van der Waals surface area contributed by atoms with Crippen LogP contribution in [0.5, 0.6) is 5.75 Å². The molecule has 2 bridgehead atoms. The lowest BCUT2D eigenvalue weighted by molar-refractivity contribution is 0.0390. The molecule has 0 amide bonds. The molecule has 0 radical (unpaired) electrons. The largest absolute Gasteiger partial charge is 0.493 e. The summed E-state index contributed by atoms with van der Waals surface area (Å²) in [5, 5.41) is 10.6. The van der Waals surface area contributed by atoms with Gasteiger partial charge in [0.2, 0.25) is 0 Å². The fourth-order valence-electron chi connectivity index (χ4n) is 4.77. The Balaban J connectivity index is 1.39. The molecule has 0 aromatic heterocycles. The molecule has 1 aromatic carbocycles. The molecule has 20 heavy (non-hydrogen) atoms. The molecule has 1 aliphatic heterocycles. The summed E-state index contributed by atoms with van der Waals surface area (Å²) in [5.74, 6) is 3.95. The number of fused-ring (bicyclic) bond motifs is 3. The van der Waals surface area contributed by atoms with Crippen molar-refractivity contribution in [2.24, 2.45) is 23.7 Å². The van der Waals surface area contributed by atoms with Crippen LogP contribution in [0.2, 0.25) is 0 Å². The van der Waals surface area contributed by atoms with Gasteiger partial charge in [0.1, 0.15) is 5.75 Å². The molecule has 1 heterocycles. The minimum Gasteiger partial charge on any atom is -0.493 e. The Labute approximate surface area is 121 Å². The van der Waals surface area contributed by atoms with E-state index in [0.29, 0.717) is 6.61 Å². The van der Waals surface area contributed by atoms with E-state index in [2.05, 4.69) is 12.1 Å². The Kier molecular flexibility index (Phi) is 3.22. The van der Waals surface area contributed by atoms with Crippen molar-refractivity contribution in [2.75, 3.05) is 6.61 Å². The van der Waals surface area contributed by atoms with Gasteiger partial charge in [-0.15, -0.1) is 0 Å². The summed E-state index contributed by atoms with van der Waals surface area (Å²) in [5.41, 5.74) is 1.26. The fourth-order valence-corrected chi connectivity index (χ4v) is 4.77. The Hall–Kier alpha value is -1.02. The molecule has 2 saturated carbocycles. The highest BCUT2D eigenvalue weighted by atomic mass is 16.5. The van der Waals surface area contributed by atoms with Crippen LogP contribution in [0.3, 0.4) is 0 Å². The number of aliphatic hydroxyl groups is 1. The van der Waals surface area contributed by atoms with Gasteiger partial charge < -0.3 is 9.84 Å². The van der Waals surface area contributed by atoms with E-state index in [4.69, 9.17) is 4.74 Å². The standard InChI is InChI=1S/C18H24O2/c19-17(10-15-8-12-5-6-13(15)7-12)16-9-14-3-1-2-4-18(14)20-11-16/h1-4,12-13,15-17,19H,5-11H2. The third kappa shape index (κ3) is 2.24. The second-order valence-electron chi connectivity index (χ2n) is 7.12. The summed E-state index contributed by atoms with van der Waals surface area (Å²) in [7, 11) is 0. The minimum atomic E-state index is -0.187. The Morgan fingerprint density at radius 1 is 1.20 bits per heavy atom. The van der Waals surface area contributed by atoms with Crippen molar-refractivity contribution in [1.82, 2.24) is 0 Å². The van der Waals surface area contributed by atoms with Crippen LogP contribution in [-0.2, 0) is 6.42 Å². The van der Waals surface area contributed by atoms with Crippen LogP contribution in [0.15, 0.2) is 24.3 Å². The molecule has 2 nitrogen and oxygen atoms in total. The van der Waals surface area contributed by atoms with Gasteiger partial charge in [-0.1, -0.05) is 24.6 Å². The molecule has 3 aliphatic rings. The van der Waals surface area contributed by atoms with Crippen molar-refractivity contribution >= 4 is 0 Å². The van der Waals surface area contributed by atoms with Gasteiger partial charge in [0, 0.05) is 5.92 Å². The summed E-state index contributed by atoms with van der Waals surface area (Å²) >= 11 is 0. The number of hydrogen-bond acceptors (Lipinski definition) is 2. The highest BCUT2D eigenvalue weighted by Crippen LogP contribution is 2.50. The summed E-state index contributed by atoms with van der Waals surface area (Å²) in [6.45, 7) is 0.680. The molecule has 2 fully saturated rings. The maximum atomic E-state index is 10.6. The zero-order chi connectivity index (χ0) is 13.5. The lowest BCUT2D eigenvalue weighted by Gasteiger charge is -2.32. The first-order valence-electron chi connectivity index (χ1n) is 8.18. The van der Waals surface area contributed by atoms with Gasteiger partial charge in [-0.05, 0) is 61.5 Å². The number of aliphatic hydroxyl groups excluding tert-OH is 1. The maximum Gasteiger partial charge on any atom is 0.122 e. The van der Waals surface area contributed by atoms with Gasteiger partial charge in [-0.2, -0.15) is 0 Å². The maximum absolute atomic E-state index is 10.6. The van der Waals surface area contributed by atoms with Crippen molar-refractivity contribution < 1.29 is 9.84 Å². The van der Waals surface area contributed by atoms with Crippen LogP contribution in [0, 0.1) is 23.7 Å². The molecule has 4 rings (SSSR count). The molecule has 0 saturated heterocycles. The van der Waals surface area contributed by atoms with Crippen LogP contribution in [0.1, 0.15) is 37.7 Å². The number of para-hydroxylation sites is 1. The van der Waals surface area contributed by atoms with E-state index in [-0.39, 0.29) is 12.0 Å². The molecule has 5 atom stereocenters. The number of ether oxygens (including phenoxy) is 1. The molecule has 2 aliphatic carbocycles. The average Bonchev–Trinajstić information content (AvgIpc) is 3.09. The van der Waals surface area contributed by atoms with Gasteiger partial charge >= 0.3 is 0 Å².